The summed E-state index contributed by atoms with van der Waals surface area (Å²) >= 11 is 0. The number of carbonyl (C=O) groups excluding carboxylic acids is 2. The van der Waals surface area contributed by atoms with Crippen molar-refractivity contribution in [2.24, 2.45) is 0 Å². The Balaban J connectivity index is 1.84. The van der Waals surface area contributed by atoms with Gasteiger partial charge in [0.1, 0.15) is 5.75 Å². The van der Waals surface area contributed by atoms with E-state index in [9.17, 15) is 22.8 Å². The summed E-state index contributed by atoms with van der Waals surface area (Å²) in [5.41, 5.74) is 1.29. The quantitative estimate of drug-likeness (QED) is 0.663. The smallest absolute Gasteiger partial charge is 0.422 e. The van der Waals surface area contributed by atoms with Gasteiger partial charge in [0.2, 0.25) is 5.91 Å². The summed E-state index contributed by atoms with van der Waals surface area (Å²) in [5.74, 6) is -0.780. The van der Waals surface area contributed by atoms with E-state index in [0.29, 0.717) is 16.9 Å². The van der Waals surface area contributed by atoms with Crippen LogP contribution in [0.1, 0.15) is 17.3 Å². The second-order valence-corrected chi connectivity index (χ2v) is 5.63. The monoisotopic (exact) mass is 396 g/mol. The maximum atomic E-state index is 12.2. The fourth-order valence-electron chi connectivity index (χ4n) is 2.15. The second-order valence-electron chi connectivity index (χ2n) is 5.63. The summed E-state index contributed by atoms with van der Waals surface area (Å²) in [6.45, 7) is 0.476. The molecule has 9 heteroatoms. The zero-order valence-corrected chi connectivity index (χ0v) is 15.0. The lowest BCUT2D eigenvalue weighted by Crippen LogP contribution is -2.22. The Kier molecular flexibility index (Phi) is 7.25. The van der Waals surface area contributed by atoms with Gasteiger partial charge in [0.25, 0.3) is 0 Å². The van der Waals surface area contributed by atoms with Crippen LogP contribution in [0, 0.1) is 0 Å². The van der Waals surface area contributed by atoms with Crippen molar-refractivity contribution in [3.63, 3.8) is 0 Å². The van der Waals surface area contributed by atoms with Crippen LogP contribution >= 0.6 is 0 Å². The number of carbonyl (C=O) groups is 2. The predicted octanol–water partition coefficient (Wildman–Crippen LogP) is 3.86. The highest BCUT2D eigenvalue weighted by Gasteiger charge is 2.28. The highest BCUT2D eigenvalue weighted by Crippen LogP contribution is 2.21. The van der Waals surface area contributed by atoms with Gasteiger partial charge in [0.15, 0.2) is 6.61 Å². The highest BCUT2D eigenvalue weighted by molar-refractivity contribution is 5.95. The summed E-state index contributed by atoms with van der Waals surface area (Å²) in [4.78, 5) is 23.6. The molecule has 28 heavy (non-hydrogen) atoms. The Morgan fingerprint density at radius 3 is 2.39 bits per heavy atom. The lowest BCUT2D eigenvalue weighted by Gasteiger charge is -2.11. The Morgan fingerprint density at radius 2 is 1.75 bits per heavy atom. The number of nitrogens with one attached hydrogen (secondary N) is 2. The van der Waals surface area contributed by atoms with Crippen molar-refractivity contribution < 1.29 is 32.2 Å². The van der Waals surface area contributed by atoms with Crippen molar-refractivity contribution in [1.82, 2.24) is 0 Å². The fraction of sp³-hybridized carbons (Fsp3) is 0.263. The molecule has 0 radical (unpaired) electrons. The van der Waals surface area contributed by atoms with Gasteiger partial charge in [-0.2, -0.15) is 13.2 Å². The number of esters is 1. The van der Waals surface area contributed by atoms with Gasteiger partial charge in [-0.25, -0.2) is 4.79 Å². The van der Waals surface area contributed by atoms with Crippen LogP contribution in [-0.2, 0) is 9.53 Å². The summed E-state index contributed by atoms with van der Waals surface area (Å²) in [5, 5.41) is 5.44. The van der Waals surface area contributed by atoms with Gasteiger partial charge in [0, 0.05) is 17.4 Å². The molecule has 1 amide bonds. The van der Waals surface area contributed by atoms with Crippen LogP contribution < -0.4 is 15.4 Å². The van der Waals surface area contributed by atoms with Gasteiger partial charge < -0.3 is 20.1 Å². The van der Waals surface area contributed by atoms with E-state index in [2.05, 4.69) is 15.4 Å². The average Bonchev–Trinajstić information content (AvgIpc) is 2.65. The van der Waals surface area contributed by atoms with Crippen LogP contribution in [0.4, 0.5) is 24.5 Å². The summed E-state index contributed by atoms with van der Waals surface area (Å²) < 4.78 is 46.1. The molecule has 0 heterocycles. The molecule has 0 bridgehead atoms. The van der Waals surface area contributed by atoms with Gasteiger partial charge in [-0.05, 0) is 43.3 Å². The van der Waals surface area contributed by atoms with E-state index in [0.717, 1.165) is 0 Å². The molecule has 2 N–H and O–H groups in total. The number of anilines is 2. The second kappa shape index (κ2) is 9.63. The summed E-state index contributed by atoms with van der Waals surface area (Å²) in [7, 11) is 0. The number of rotatable bonds is 8. The van der Waals surface area contributed by atoms with Crippen LogP contribution in [0.2, 0.25) is 0 Å². The minimum Gasteiger partial charge on any atom is -0.484 e. The summed E-state index contributed by atoms with van der Waals surface area (Å²) in [6, 6.07) is 12.1. The maximum Gasteiger partial charge on any atom is 0.422 e. The first-order valence-corrected chi connectivity index (χ1v) is 8.37. The van der Waals surface area contributed by atoms with Gasteiger partial charge in [-0.1, -0.05) is 6.07 Å². The first kappa shape index (κ1) is 21.1. The van der Waals surface area contributed by atoms with E-state index in [1.54, 1.807) is 25.1 Å². The van der Waals surface area contributed by atoms with Gasteiger partial charge in [-0.15, -0.1) is 0 Å². The van der Waals surface area contributed by atoms with Crippen molar-refractivity contribution >= 4 is 23.3 Å². The molecule has 150 valence electrons. The van der Waals surface area contributed by atoms with E-state index in [1.165, 1.54) is 30.3 Å². The van der Waals surface area contributed by atoms with Crippen LogP contribution in [0.3, 0.4) is 0 Å². The van der Waals surface area contributed by atoms with E-state index in [-0.39, 0.29) is 24.8 Å². The Morgan fingerprint density at radius 1 is 1.04 bits per heavy atom. The first-order valence-electron chi connectivity index (χ1n) is 8.37. The number of hydrogen-bond acceptors (Lipinski definition) is 5. The van der Waals surface area contributed by atoms with Gasteiger partial charge in [-0.3, -0.25) is 4.79 Å². The number of hydrogen-bond donors (Lipinski definition) is 2. The lowest BCUT2D eigenvalue weighted by molar-refractivity contribution is -0.153. The molecule has 0 fully saturated rings. The van der Waals surface area contributed by atoms with Crippen LogP contribution in [-0.4, -0.2) is 37.8 Å². The van der Waals surface area contributed by atoms with E-state index in [4.69, 9.17) is 4.74 Å². The molecular formula is C19H19F3N2O4. The van der Waals surface area contributed by atoms with Crippen LogP contribution in [0.15, 0.2) is 48.5 Å². The third kappa shape index (κ3) is 7.18. The minimum atomic E-state index is -4.42. The minimum absolute atomic E-state index is 0.0392. The molecular weight excluding hydrogens is 377 g/mol. The molecule has 0 unspecified atom stereocenters. The fourth-order valence-corrected chi connectivity index (χ4v) is 2.15. The number of halogens is 3. The SMILES string of the molecule is CCOC(=O)c1ccc(NC(=O)CNc2cccc(OCC(F)(F)F)c2)cc1. The number of amides is 1. The zero-order chi connectivity index (χ0) is 20.6. The summed E-state index contributed by atoms with van der Waals surface area (Å²) in [6.07, 6.45) is -4.42. The molecule has 0 aromatic heterocycles. The Bertz CT molecular complexity index is 808. The number of alkyl halides is 3. The first-order chi connectivity index (χ1) is 13.3. The van der Waals surface area contributed by atoms with Crippen molar-refractivity contribution in [2.75, 3.05) is 30.4 Å². The van der Waals surface area contributed by atoms with Gasteiger partial charge in [0.05, 0.1) is 18.7 Å². The molecule has 0 atom stereocenters. The Hall–Kier alpha value is -3.23. The van der Waals surface area contributed by atoms with Crippen molar-refractivity contribution in [2.45, 2.75) is 13.1 Å². The van der Waals surface area contributed by atoms with E-state index in [1.807, 2.05) is 0 Å². The molecule has 2 aromatic carbocycles. The molecule has 2 aromatic rings. The van der Waals surface area contributed by atoms with Gasteiger partial charge >= 0.3 is 12.1 Å². The topological polar surface area (TPSA) is 76.7 Å². The average molecular weight is 396 g/mol. The largest absolute Gasteiger partial charge is 0.484 e. The number of ether oxygens (including phenoxy) is 2. The molecule has 0 saturated carbocycles. The van der Waals surface area contributed by atoms with E-state index < -0.39 is 18.8 Å². The van der Waals surface area contributed by atoms with Crippen molar-refractivity contribution in [3.8, 4) is 5.75 Å². The molecule has 0 spiro atoms. The lowest BCUT2D eigenvalue weighted by atomic mass is 10.2. The van der Waals surface area contributed by atoms with Crippen LogP contribution in [0.25, 0.3) is 0 Å². The third-order valence-electron chi connectivity index (χ3n) is 3.37. The van der Waals surface area contributed by atoms with E-state index >= 15 is 0 Å². The maximum absolute atomic E-state index is 12.2. The standard InChI is InChI=1S/C19H19F3N2O4/c1-2-27-18(26)13-6-8-14(9-7-13)24-17(25)11-23-15-4-3-5-16(10-15)28-12-19(20,21)22/h3-10,23H,2,11-12H2,1H3,(H,24,25). The van der Waals surface area contributed by atoms with Crippen molar-refractivity contribution in [3.05, 3.63) is 54.1 Å². The molecule has 0 saturated heterocycles. The normalized spacial score (nSPS) is 10.9. The number of benzene rings is 2. The molecule has 6 nitrogen and oxygen atoms in total. The Labute approximate surface area is 159 Å². The third-order valence-corrected chi connectivity index (χ3v) is 3.37. The molecule has 2 rings (SSSR count). The molecule has 0 aliphatic carbocycles. The van der Waals surface area contributed by atoms with Crippen LogP contribution in [0.5, 0.6) is 5.75 Å². The predicted molar refractivity (Wildman–Crippen MR) is 97.5 cm³/mol. The van der Waals surface area contributed by atoms with Crippen molar-refractivity contribution in [1.29, 1.82) is 0 Å². The highest BCUT2D eigenvalue weighted by atomic mass is 19.4. The molecule has 0 aliphatic rings. The molecule has 0 aliphatic heterocycles. The zero-order valence-electron chi connectivity index (χ0n) is 15.0.